The summed E-state index contributed by atoms with van der Waals surface area (Å²) >= 11 is 0. The van der Waals surface area contributed by atoms with Crippen molar-refractivity contribution in [3.63, 3.8) is 0 Å². The maximum Gasteiger partial charge on any atom is 0.0673 e. The van der Waals surface area contributed by atoms with E-state index < -0.39 is 5.60 Å². The van der Waals surface area contributed by atoms with Crippen molar-refractivity contribution in [2.45, 2.75) is 71.5 Å². The van der Waals surface area contributed by atoms with Gasteiger partial charge in [-0.3, -0.25) is 0 Å². The Hall–Kier alpha value is -0.380. The van der Waals surface area contributed by atoms with Crippen LogP contribution in [0, 0.1) is 0 Å². The molecular formula is C16H32O3. The smallest absolute Gasteiger partial charge is 0.0673 e. The summed E-state index contributed by atoms with van der Waals surface area (Å²) in [4.78, 5) is 0. The van der Waals surface area contributed by atoms with E-state index in [1.807, 2.05) is 20.8 Å². The van der Waals surface area contributed by atoms with Gasteiger partial charge < -0.3 is 14.6 Å². The number of ether oxygens (including phenoxy) is 2. The van der Waals surface area contributed by atoms with Crippen LogP contribution in [0.4, 0.5) is 0 Å². The summed E-state index contributed by atoms with van der Waals surface area (Å²) in [6, 6.07) is 0. The Labute approximate surface area is 119 Å². The Kier molecular flexibility index (Phi) is 8.55. The molecule has 114 valence electrons. The molecule has 3 heteroatoms. The van der Waals surface area contributed by atoms with Crippen molar-refractivity contribution in [1.82, 2.24) is 0 Å². The van der Waals surface area contributed by atoms with E-state index in [4.69, 9.17) is 9.47 Å². The summed E-state index contributed by atoms with van der Waals surface area (Å²) in [6.07, 6.45) is 3.23. The first-order valence-electron chi connectivity index (χ1n) is 7.33. The molecule has 0 saturated heterocycles. The highest BCUT2D eigenvalue weighted by molar-refractivity contribution is 4.87. The van der Waals surface area contributed by atoms with Gasteiger partial charge >= 0.3 is 0 Å². The molecule has 0 heterocycles. The van der Waals surface area contributed by atoms with Crippen molar-refractivity contribution >= 4 is 0 Å². The molecule has 2 unspecified atom stereocenters. The Morgan fingerprint density at radius 1 is 1.11 bits per heavy atom. The van der Waals surface area contributed by atoms with Crippen LogP contribution in [0.15, 0.2) is 12.2 Å². The zero-order chi connectivity index (χ0) is 14.9. The molecule has 0 spiro atoms. The van der Waals surface area contributed by atoms with Crippen molar-refractivity contribution in [3.8, 4) is 0 Å². The highest BCUT2D eigenvalue weighted by Crippen LogP contribution is 2.22. The average molecular weight is 272 g/mol. The molecule has 0 aromatic heterocycles. The molecule has 0 saturated carbocycles. The number of aliphatic hydroxyl groups is 1. The average Bonchev–Trinajstić information content (AvgIpc) is 2.34. The topological polar surface area (TPSA) is 38.7 Å². The lowest BCUT2D eigenvalue weighted by molar-refractivity contribution is -0.0763. The van der Waals surface area contributed by atoms with Crippen LogP contribution in [0.3, 0.4) is 0 Å². The molecule has 0 aliphatic carbocycles. The van der Waals surface area contributed by atoms with E-state index in [1.165, 1.54) is 0 Å². The molecule has 19 heavy (non-hydrogen) atoms. The number of hydrogen-bond donors (Lipinski definition) is 1. The summed E-state index contributed by atoms with van der Waals surface area (Å²) in [6.45, 7) is 15.7. The molecule has 0 radical (unpaired) electrons. The summed E-state index contributed by atoms with van der Waals surface area (Å²) < 4.78 is 11.5. The van der Waals surface area contributed by atoms with Gasteiger partial charge in [0.15, 0.2) is 0 Å². The SMILES string of the molecule is C=C(C)COCCC(C)(CC)OCCC(C)(O)CC. The van der Waals surface area contributed by atoms with Gasteiger partial charge in [0.2, 0.25) is 0 Å². The van der Waals surface area contributed by atoms with Gasteiger partial charge in [0.05, 0.1) is 24.4 Å². The third-order valence-corrected chi connectivity index (χ3v) is 3.72. The first-order chi connectivity index (χ1) is 8.74. The van der Waals surface area contributed by atoms with Crippen LogP contribution in [-0.2, 0) is 9.47 Å². The lowest BCUT2D eigenvalue weighted by Crippen LogP contribution is -2.33. The molecule has 0 bridgehead atoms. The molecule has 0 amide bonds. The van der Waals surface area contributed by atoms with Crippen molar-refractivity contribution in [3.05, 3.63) is 12.2 Å². The molecule has 3 nitrogen and oxygen atoms in total. The Balaban J connectivity index is 3.98. The third kappa shape index (κ3) is 9.20. The molecule has 2 atom stereocenters. The minimum atomic E-state index is -0.620. The van der Waals surface area contributed by atoms with Crippen molar-refractivity contribution in [2.24, 2.45) is 0 Å². The fourth-order valence-electron chi connectivity index (χ4n) is 1.58. The third-order valence-electron chi connectivity index (χ3n) is 3.72. The van der Waals surface area contributed by atoms with E-state index >= 15 is 0 Å². The second-order valence-electron chi connectivity index (χ2n) is 6.01. The molecule has 0 fully saturated rings. The van der Waals surface area contributed by atoms with Crippen molar-refractivity contribution < 1.29 is 14.6 Å². The zero-order valence-electron chi connectivity index (χ0n) is 13.4. The summed E-state index contributed by atoms with van der Waals surface area (Å²) in [7, 11) is 0. The van der Waals surface area contributed by atoms with Gasteiger partial charge in [0.25, 0.3) is 0 Å². The zero-order valence-corrected chi connectivity index (χ0v) is 13.4. The lowest BCUT2D eigenvalue weighted by Gasteiger charge is -2.30. The van der Waals surface area contributed by atoms with Gasteiger partial charge in [-0.05, 0) is 46.5 Å². The van der Waals surface area contributed by atoms with Gasteiger partial charge in [-0.15, -0.1) is 0 Å². The lowest BCUT2D eigenvalue weighted by atomic mass is 9.97. The Morgan fingerprint density at radius 3 is 2.21 bits per heavy atom. The van der Waals surface area contributed by atoms with Crippen molar-refractivity contribution in [2.75, 3.05) is 19.8 Å². The number of rotatable bonds is 11. The summed E-state index contributed by atoms with van der Waals surface area (Å²) in [5.41, 5.74) is 0.252. The van der Waals surface area contributed by atoms with E-state index in [1.54, 1.807) is 0 Å². The first kappa shape index (κ1) is 18.6. The van der Waals surface area contributed by atoms with E-state index in [0.29, 0.717) is 26.2 Å². The molecule has 0 aromatic rings. The van der Waals surface area contributed by atoms with Gasteiger partial charge in [-0.2, -0.15) is 0 Å². The minimum absolute atomic E-state index is 0.168. The van der Waals surface area contributed by atoms with Crippen LogP contribution in [0.1, 0.15) is 60.3 Å². The van der Waals surface area contributed by atoms with Crippen LogP contribution in [0.25, 0.3) is 0 Å². The molecule has 1 N–H and O–H groups in total. The first-order valence-corrected chi connectivity index (χ1v) is 7.33. The van der Waals surface area contributed by atoms with Crippen LogP contribution in [-0.4, -0.2) is 36.1 Å². The fraction of sp³-hybridized carbons (Fsp3) is 0.875. The second kappa shape index (κ2) is 8.72. The van der Waals surface area contributed by atoms with Gasteiger partial charge in [0.1, 0.15) is 0 Å². The monoisotopic (exact) mass is 272 g/mol. The van der Waals surface area contributed by atoms with Crippen LogP contribution < -0.4 is 0 Å². The fourth-order valence-corrected chi connectivity index (χ4v) is 1.58. The summed E-state index contributed by atoms with van der Waals surface area (Å²) in [5, 5.41) is 9.95. The van der Waals surface area contributed by atoms with Crippen LogP contribution in [0.2, 0.25) is 0 Å². The van der Waals surface area contributed by atoms with Gasteiger partial charge in [0, 0.05) is 6.61 Å². The highest BCUT2D eigenvalue weighted by Gasteiger charge is 2.24. The van der Waals surface area contributed by atoms with E-state index in [9.17, 15) is 5.11 Å². The second-order valence-corrected chi connectivity index (χ2v) is 6.01. The normalized spacial score (nSPS) is 17.8. The quantitative estimate of drug-likeness (QED) is 0.460. The van der Waals surface area contributed by atoms with Crippen LogP contribution in [0.5, 0.6) is 0 Å². The highest BCUT2D eigenvalue weighted by atomic mass is 16.5. The van der Waals surface area contributed by atoms with Crippen molar-refractivity contribution in [1.29, 1.82) is 0 Å². The number of hydrogen-bond acceptors (Lipinski definition) is 3. The molecular weight excluding hydrogens is 240 g/mol. The predicted molar refractivity (Wildman–Crippen MR) is 80.4 cm³/mol. The molecule has 0 aromatic carbocycles. The Bertz CT molecular complexity index is 261. The largest absolute Gasteiger partial charge is 0.390 e. The van der Waals surface area contributed by atoms with Crippen LogP contribution >= 0.6 is 0 Å². The molecule has 0 aliphatic heterocycles. The maximum atomic E-state index is 9.95. The molecule has 0 aliphatic rings. The molecule has 0 rings (SSSR count). The maximum absolute atomic E-state index is 9.95. The van der Waals surface area contributed by atoms with Gasteiger partial charge in [-0.1, -0.05) is 26.0 Å². The Morgan fingerprint density at radius 2 is 1.74 bits per heavy atom. The van der Waals surface area contributed by atoms with Gasteiger partial charge in [-0.25, -0.2) is 0 Å². The van der Waals surface area contributed by atoms with E-state index in [0.717, 1.165) is 24.8 Å². The minimum Gasteiger partial charge on any atom is -0.390 e. The standard InChI is InChI=1S/C16H32O3/c1-7-15(5,17)9-12-19-16(6,8-2)10-11-18-13-14(3)4/h17H,3,7-13H2,1-2,4-6H3. The van der Waals surface area contributed by atoms with E-state index in [2.05, 4.69) is 20.4 Å². The summed E-state index contributed by atoms with van der Waals surface area (Å²) in [5.74, 6) is 0. The van der Waals surface area contributed by atoms with E-state index in [-0.39, 0.29) is 5.60 Å². The predicted octanol–water partition coefficient (Wildman–Crippen LogP) is 3.71.